The summed E-state index contributed by atoms with van der Waals surface area (Å²) in [6, 6.07) is 112. The van der Waals surface area contributed by atoms with E-state index < -0.39 is 0 Å². The van der Waals surface area contributed by atoms with Gasteiger partial charge in [0.25, 0.3) is 0 Å². The van der Waals surface area contributed by atoms with Gasteiger partial charge in [0.1, 0.15) is 20.0 Å². The van der Waals surface area contributed by atoms with Crippen molar-refractivity contribution in [3.8, 4) is 86.8 Å². The molecule has 0 aliphatic rings. The Kier molecular flexibility index (Phi) is 14.9. The number of hydrogen-bond acceptors (Lipinski definition) is 8. The number of rotatable bonds is 8. The van der Waals surface area contributed by atoms with Crippen LogP contribution < -0.4 is 0 Å². The van der Waals surface area contributed by atoms with Crippen molar-refractivity contribution in [2.24, 2.45) is 0 Å². The van der Waals surface area contributed by atoms with Crippen LogP contribution in [0.2, 0.25) is 0 Å². The predicted octanol–water partition coefficient (Wildman–Crippen LogP) is 28.5. The van der Waals surface area contributed by atoms with Crippen LogP contribution in [0.25, 0.3) is 203 Å². The largest absolute Gasteiger partial charge is 0.236 e. The van der Waals surface area contributed by atoms with Gasteiger partial charge >= 0.3 is 0 Å². The van der Waals surface area contributed by atoms with Gasteiger partial charge in [-0.25, -0.2) is 19.9 Å². The quantitative estimate of drug-likeness (QED) is 0.142. The number of nitrogens with zero attached hydrogens (tertiary/aromatic N) is 4. The van der Waals surface area contributed by atoms with Crippen molar-refractivity contribution in [3.63, 3.8) is 0 Å². The van der Waals surface area contributed by atoms with Gasteiger partial charge in [-0.15, -0.1) is 45.3 Å². The highest BCUT2D eigenvalue weighted by molar-refractivity contribution is 7.22. The number of benzene rings is 17. The number of hydrogen-bond donors (Lipinski definition) is 0. The lowest BCUT2D eigenvalue weighted by Gasteiger charge is -2.19. The zero-order valence-corrected chi connectivity index (χ0v) is 60.6. The third-order valence-electron chi connectivity index (χ3n) is 20.5. The summed E-state index contributed by atoms with van der Waals surface area (Å²) >= 11 is 7.05. The van der Waals surface area contributed by atoms with Gasteiger partial charge < -0.3 is 0 Å². The molecule has 0 saturated carbocycles. The van der Waals surface area contributed by atoms with Crippen LogP contribution in [0, 0.1) is 27.7 Å². The Morgan fingerprint density at radius 1 is 0.183 bits per heavy atom. The summed E-state index contributed by atoms with van der Waals surface area (Å²) < 4.78 is 4.90. The molecule has 4 heterocycles. The summed E-state index contributed by atoms with van der Waals surface area (Å²) in [5.41, 5.74) is 23.6. The highest BCUT2D eigenvalue weighted by Crippen LogP contribution is 2.50. The molecule has 0 amide bonds. The lowest BCUT2D eigenvalue weighted by atomic mass is 9.84. The van der Waals surface area contributed by atoms with Crippen molar-refractivity contribution in [1.82, 2.24) is 19.9 Å². The van der Waals surface area contributed by atoms with Gasteiger partial charge in [-0.2, -0.15) is 0 Å². The third-order valence-corrected chi connectivity index (χ3v) is 24.8. The van der Waals surface area contributed by atoms with Crippen LogP contribution in [0.3, 0.4) is 0 Å². The minimum atomic E-state index is 1.05. The average molecular weight is 1400 g/mol. The molecule has 4 aromatic heterocycles. The molecule has 4 nitrogen and oxygen atoms in total. The van der Waals surface area contributed by atoms with Gasteiger partial charge in [-0.3, -0.25) is 0 Å². The van der Waals surface area contributed by atoms with Crippen LogP contribution in [0.1, 0.15) is 22.3 Å². The van der Waals surface area contributed by atoms with E-state index in [4.69, 9.17) is 19.9 Å². The molecule has 0 fully saturated rings. The normalized spacial score (nSPS) is 11.8. The summed E-state index contributed by atoms with van der Waals surface area (Å²) in [7, 11) is 0. The lowest BCUT2D eigenvalue weighted by molar-refractivity contribution is 1.45. The van der Waals surface area contributed by atoms with Crippen LogP contribution in [-0.2, 0) is 0 Å². The Morgan fingerprint density at radius 3 is 0.769 bits per heavy atom. The monoisotopic (exact) mass is 1400 g/mol. The number of aromatic nitrogens is 4. The van der Waals surface area contributed by atoms with Crippen molar-refractivity contribution in [2.45, 2.75) is 27.7 Å². The summed E-state index contributed by atoms with van der Waals surface area (Å²) in [6.45, 7) is 8.56. The second-order valence-electron chi connectivity index (χ2n) is 27.6. The fraction of sp³-hybridized carbons (Fsp3) is 0.0417. The molecule has 0 bridgehead atoms. The Labute approximate surface area is 616 Å². The summed E-state index contributed by atoms with van der Waals surface area (Å²) in [5.74, 6) is 0. The number of aryl methyl sites for hydroxylation is 4. The Balaban J connectivity index is 0.000000139. The topological polar surface area (TPSA) is 51.6 Å². The second kappa shape index (κ2) is 25.0. The van der Waals surface area contributed by atoms with Gasteiger partial charge in [-0.05, 0) is 267 Å². The molecular weight excluding hydrogens is 1340 g/mol. The van der Waals surface area contributed by atoms with Crippen molar-refractivity contribution in [1.29, 1.82) is 0 Å². The molecule has 21 aromatic rings. The molecule has 0 saturated heterocycles. The third kappa shape index (κ3) is 10.9. The van der Waals surface area contributed by atoms with E-state index in [9.17, 15) is 0 Å². The van der Waals surface area contributed by atoms with Crippen LogP contribution >= 0.6 is 45.3 Å². The molecule has 0 N–H and O–H groups in total. The maximum atomic E-state index is 5.04. The zero-order chi connectivity index (χ0) is 69.3. The molecule has 21 rings (SSSR count). The Hall–Kier alpha value is -11.9. The van der Waals surface area contributed by atoms with E-state index in [1.54, 1.807) is 45.3 Å². The zero-order valence-electron chi connectivity index (χ0n) is 57.3. The molecule has 490 valence electrons. The molecule has 0 radical (unpaired) electrons. The van der Waals surface area contributed by atoms with Crippen molar-refractivity contribution >= 4 is 162 Å². The van der Waals surface area contributed by atoms with Crippen LogP contribution in [-0.4, -0.2) is 19.9 Å². The van der Waals surface area contributed by atoms with E-state index in [2.05, 4.69) is 331 Å². The molecular formula is C96H62N4S4. The standard InChI is InChI=1S/C50H32N2S2.C46H30N2S2/c1-29-11-21-43-45(23-29)53-49(51-43)33-17-13-31(14-18-33)47-39-9-5-6-10-40(39)48(42-28-38-26-36-8-4-3-7-35(36)25-37(38)27-41(42)47)32-15-19-34(20-16-32)50-52-44-22-12-30(2)24-46(44)54-50;1-27-17-19-39-41(21-27)49-45(47-39)33-13-7-11-31(23-33)43-35-15-5-6-16-36(35)44(38-26-30-10-4-3-9-29(30)25-37(38)43)32-12-8-14-34(24-32)46-48-40-20-18-28(2)22-42(40)50-46/h3-28H,1-2H3;3-26H,1-2H3. The Morgan fingerprint density at radius 2 is 0.442 bits per heavy atom. The molecule has 0 spiro atoms. The van der Waals surface area contributed by atoms with Crippen molar-refractivity contribution in [2.75, 3.05) is 0 Å². The van der Waals surface area contributed by atoms with Gasteiger partial charge in [-0.1, -0.05) is 206 Å². The molecule has 0 atom stereocenters. The molecule has 104 heavy (non-hydrogen) atoms. The first-order valence-electron chi connectivity index (χ1n) is 35.2. The molecule has 0 aliphatic carbocycles. The van der Waals surface area contributed by atoms with Crippen LogP contribution in [0.4, 0.5) is 0 Å². The lowest BCUT2D eigenvalue weighted by Crippen LogP contribution is -1.92. The fourth-order valence-electron chi connectivity index (χ4n) is 15.5. The van der Waals surface area contributed by atoms with E-state index in [0.717, 1.165) is 64.4 Å². The molecule has 0 aliphatic heterocycles. The van der Waals surface area contributed by atoms with Gasteiger partial charge in [0.05, 0.1) is 40.9 Å². The average Bonchev–Trinajstić information content (AvgIpc) is 1.07. The SMILES string of the molecule is Cc1ccc2nc(-c3ccc(-c4c5ccccc5c(-c5ccc(-c6nc7ccc(C)cc7s6)cc5)c5cc6cc7ccccc7cc6cc45)cc3)sc2c1.Cc1ccc2nc(-c3cccc(-c4c5ccccc5c(-c5cccc(-c6nc7ccc(C)cc7s6)c5)c5cc6ccccc6cc45)c3)sc2c1. The first kappa shape index (κ1) is 61.9. The highest BCUT2D eigenvalue weighted by Gasteiger charge is 2.23. The fourth-order valence-corrected chi connectivity index (χ4v) is 19.8. The van der Waals surface area contributed by atoms with E-state index in [0.29, 0.717) is 0 Å². The number of thiazole rings is 4. The van der Waals surface area contributed by atoms with Gasteiger partial charge in [0.2, 0.25) is 0 Å². The maximum Gasteiger partial charge on any atom is 0.124 e. The van der Waals surface area contributed by atoms with E-state index >= 15 is 0 Å². The first-order valence-corrected chi connectivity index (χ1v) is 38.4. The predicted molar refractivity (Wildman–Crippen MR) is 451 cm³/mol. The summed E-state index contributed by atoms with van der Waals surface area (Å²) in [5, 5.41) is 21.6. The van der Waals surface area contributed by atoms with Crippen molar-refractivity contribution < 1.29 is 0 Å². The number of fused-ring (bicyclic) bond motifs is 11. The van der Waals surface area contributed by atoms with Gasteiger partial charge in [0.15, 0.2) is 0 Å². The van der Waals surface area contributed by atoms with E-state index in [1.807, 2.05) is 0 Å². The van der Waals surface area contributed by atoms with E-state index in [1.165, 1.54) is 161 Å². The second-order valence-corrected chi connectivity index (χ2v) is 31.7. The highest BCUT2D eigenvalue weighted by atomic mass is 32.1. The van der Waals surface area contributed by atoms with Gasteiger partial charge in [0, 0.05) is 22.3 Å². The Bertz CT molecular complexity index is 6670. The smallest absolute Gasteiger partial charge is 0.124 e. The minimum Gasteiger partial charge on any atom is -0.236 e. The first-order chi connectivity index (χ1) is 51.1. The van der Waals surface area contributed by atoms with Crippen LogP contribution in [0.5, 0.6) is 0 Å². The molecule has 0 unspecified atom stereocenters. The minimum absolute atomic E-state index is 1.05. The molecule has 8 heteroatoms. The summed E-state index contributed by atoms with van der Waals surface area (Å²) in [4.78, 5) is 20.1. The van der Waals surface area contributed by atoms with Crippen molar-refractivity contribution in [3.05, 3.63) is 326 Å². The van der Waals surface area contributed by atoms with E-state index in [-0.39, 0.29) is 0 Å². The maximum absolute atomic E-state index is 5.04. The van der Waals surface area contributed by atoms with Crippen LogP contribution in [0.15, 0.2) is 303 Å². The molecule has 17 aromatic carbocycles. The summed E-state index contributed by atoms with van der Waals surface area (Å²) in [6.07, 6.45) is 0.